The molecule has 0 unspecified atom stereocenters. The predicted molar refractivity (Wildman–Crippen MR) is 134 cm³/mol. The summed E-state index contributed by atoms with van der Waals surface area (Å²) in [6.07, 6.45) is 10.6. The Labute approximate surface area is 191 Å². The molecule has 0 saturated heterocycles. The average molecular weight is 456 g/mol. The maximum Gasteiger partial charge on any atom is 0.123 e. The fourth-order valence-electron chi connectivity index (χ4n) is 2.98. The van der Waals surface area contributed by atoms with Gasteiger partial charge in [-0.05, 0) is 66.5 Å². The highest BCUT2D eigenvalue weighted by Crippen LogP contribution is 2.39. The predicted octanol–water partition coefficient (Wildman–Crippen LogP) is 8.83. The quantitative estimate of drug-likeness (QED) is 0.236. The molecule has 0 saturated carbocycles. The molecule has 0 fully saturated rings. The van der Waals surface area contributed by atoms with Crippen LogP contribution >= 0.6 is 34.9 Å². The van der Waals surface area contributed by atoms with Crippen molar-refractivity contribution >= 4 is 34.9 Å². The highest BCUT2D eigenvalue weighted by molar-refractivity contribution is 8.02. The van der Waals surface area contributed by atoms with Gasteiger partial charge in [0.1, 0.15) is 10.8 Å². The van der Waals surface area contributed by atoms with Crippen LogP contribution in [0.4, 0.5) is 4.39 Å². The minimum atomic E-state index is -0.228. The summed E-state index contributed by atoms with van der Waals surface area (Å²) in [5.74, 6) is 0.611. The van der Waals surface area contributed by atoms with Crippen molar-refractivity contribution in [2.24, 2.45) is 0 Å². The van der Waals surface area contributed by atoms with Gasteiger partial charge >= 0.3 is 0 Å². The van der Waals surface area contributed by atoms with E-state index in [4.69, 9.17) is 4.98 Å². The van der Waals surface area contributed by atoms with Gasteiger partial charge in [-0.1, -0.05) is 43.7 Å². The summed E-state index contributed by atoms with van der Waals surface area (Å²) in [4.78, 5) is 8.72. The van der Waals surface area contributed by atoms with Gasteiger partial charge < -0.3 is 0 Å². The molecule has 30 heavy (non-hydrogen) atoms. The Balaban J connectivity index is 1.94. The molecule has 0 radical (unpaired) electrons. The fraction of sp³-hybridized carbons (Fsp3) is 0.240. The van der Waals surface area contributed by atoms with Crippen molar-refractivity contribution in [2.75, 3.05) is 6.26 Å². The molecule has 0 spiro atoms. The number of thiazole rings is 1. The summed E-state index contributed by atoms with van der Waals surface area (Å²) >= 11 is 5.32. The van der Waals surface area contributed by atoms with Crippen LogP contribution in [0.5, 0.6) is 0 Å². The number of allylic oxidation sites excluding steroid dienone is 4. The van der Waals surface area contributed by atoms with Gasteiger partial charge in [0.25, 0.3) is 0 Å². The number of benzene rings is 2. The van der Waals surface area contributed by atoms with Crippen molar-refractivity contribution in [3.63, 3.8) is 0 Å². The molecular weight excluding hydrogens is 429 g/mol. The van der Waals surface area contributed by atoms with Gasteiger partial charge in [-0.2, -0.15) is 0 Å². The minimum absolute atomic E-state index is 0.228. The van der Waals surface area contributed by atoms with E-state index in [1.54, 1.807) is 23.1 Å². The fourth-order valence-corrected chi connectivity index (χ4v) is 5.58. The molecule has 0 aliphatic heterocycles. The van der Waals surface area contributed by atoms with Gasteiger partial charge in [-0.25, -0.2) is 9.37 Å². The van der Waals surface area contributed by atoms with Crippen LogP contribution < -0.4 is 0 Å². The summed E-state index contributed by atoms with van der Waals surface area (Å²) in [5.41, 5.74) is 3.03. The molecule has 2 aromatic carbocycles. The largest absolute Gasteiger partial charge is 0.240 e. The van der Waals surface area contributed by atoms with E-state index in [-0.39, 0.29) is 5.82 Å². The first-order valence-corrected chi connectivity index (χ1v) is 13.0. The Kier molecular flexibility index (Phi) is 8.79. The van der Waals surface area contributed by atoms with Gasteiger partial charge in [0.15, 0.2) is 0 Å². The molecule has 0 amide bonds. The van der Waals surface area contributed by atoms with Crippen LogP contribution in [0.25, 0.3) is 21.7 Å². The summed E-state index contributed by atoms with van der Waals surface area (Å²) < 4.78 is 13.5. The van der Waals surface area contributed by atoms with Gasteiger partial charge in [-0.3, -0.25) is 0 Å². The average Bonchev–Trinajstić information content (AvgIpc) is 3.20. The smallest absolute Gasteiger partial charge is 0.123 e. The van der Waals surface area contributed by atoms with Crippen molar-refractivity contribution < 1.29 is 4.39 Å². The molecule has 0 atom stereocenters. The summed E-state index contributed by atoms with van der Waals surface area (Å²) in [6.45, 7) is 4.24. The lowest BCUT2D eigenvalue weighted by atomic mass is 10.1. The Morgan fingerprint density at radius 2 is 1.77 bits per heavy atom. The molecule has 0 aliphatic carbocycles. The lowest BCUT2D eigenvalue weighted by molar-refractivity contribution is 0.628. The molecule has 5 heteroatoms. The third-order valence-electron chi connectivity index (χ3n) is 4.49. The highest BCUT2D eigenvalue weighted by atomic mass is 32.2. The lowest BCUT2D eigenvalue weighted by Crippen LogP contribution is -1.85. The van der Waals surface area contributed by atoms with E-state index < -0.39 is 0 Å². The van der Waals surface area contributed by atoms with Gasteiger partial charge in [-0.15, -0.1) is 34.9 Å². The zero-order valence-corrected chi connectivity index (χ0v) is 20.0. The molecule has 3 aromatic rings. The van der Waals surface area contributed by atoms with E-state index in [0.29, 0.717) is 0 Å². The summed E-state index contributed by atoms with van der Waals surface area (Å²) in [7, 11) is 0. The third-order valence-corrected chi connectivity index (χ3v) is 7.65. The van der Waals surface area contributed by atoms with Gasteiger partial charge in [0.2, 0.25) is 0 Å². The minimum Gasteiger partial charge on any atom is -0.240 e. The van der Waals surface area contributed by atoms with E-state index in [2.05, 4.69) is 55.7 Å². The normalized spacial score (nSPS) is 12.1. The van der Waals surface area contributed by atoms with Crippen molar-refractivity contribution in [3.05, 3.63) is 82.5 Å². The number of hydrogen-bond acceptors (Lipinski definition) is 4. The zero-order valence-electron chi connectivity index (χ0n) is 17.5. The Bertz CT molecular complexity index is 1000. The van der Waals surface area contributed by atoms with Crippen molar-refractivity contribution in [2.45, 2.75) is 37.3 Å². The van der Waals surface area contributed by atoms with Crippen LogP contribution in [-0.2, 0) is 5.75 Å². The Morgan fingerprint density at radius 3 is 2.40 bits per heavy atom. The number of rotatable bonds is 9. The second kappa shape index (κ2) is 11.5. The molecule has 0 bridgehead atoms. The second-order valence-corrected chi connectivity index (χ2v) is 9.78. The molecule has 0 N–H and O–H groups in total. The molecule has 3 rings (SSSR count). The number of aromatic nitrogens is 1. The first-order chi connectivity index (χ1) is 14.6. The maximum absolute atomic E-state index is 13.5. The first kappa shape index (κ1) is 22.9. The molecular formula is C25H26FNS3. The van der Waals surface area contributed by atoms with Crippen LogP contribution in [0, 0.1) is 5.82 Å². The zero-order chi connectivity index (χ0) is 21.3. The second-order valence-electron chi connectivity index (χ2n) is 6.72. The molecule has 1 aromatic heterocycles. The van der Waals surface area contributed by atoms with E-state index in [1.165, 1.54) is 21.9 Å². The van der Waals surface area contributed by atoms with E-state index in [9.17, 15) is 4.39 Å². The lowest BCUT2D eigenvalue weighted by Gasteiger charge is -2.04. The monoisotopic (exact) mass is 455 g/mol. The molecule has 0 aliphatic rings. The number of hydrogen-bond donors (Lipinski definition) is 0. The van der Waals surface area contributed by atoms with Crippen molar-refractivity contribution in [1.82, 2.24) is 4.98 Å². The van der Waals surface area contributed by atoms with Crippen LogP contribution in [0.3, 0.4) is 0 Å². The number of halogens is 1. The molecule has 156 valence electrons. The standard InChI is InChI=1S/C25H26FNS3/c1-4-6-8-22(7-5-2)29-17-23-27-24(18-9-13-20(26)14-10-18)25(30-23)19-11-15-21(28-3)16-12-19/h4,6,8-16H,5,7,17H2,1-3H3/b6-4-,22-8+. The number of nitrogens with zero attached hydrogens (tertiary/aromatic N) is 1. The van der Waals surface area contributed by atoms with Crippen LogP contribution in [0.2, 0.25) is 0 Å². The van der Waals surface area contributed by atoms with Crippen LogP contribution in [0.1, 0.15) is 31.7 Å². The van der Waals surface area contributed by atoms with E-state index in [0.717, 1.165) is 45.3 Å². The van der Waals surface area contributed by atoms with Gasteiger partial charge in [0, 0.05) is 16.2 Å². The van der Waals surface area contributed by atoms with Crippen LogP contribution in [-0.4, -0.2) is 11.2 Å². The SMILES string of the molecule is C/C=C\C=C(/CCC)SCc1nc(-c2ccc(F)cc2)c(-c2ccc(SC)cc2)s1. The van der Waals surface area contributed by atoms with E-state index in [1.807, 2.05) is 30.8 Å². The van der Waals surface area contributed by atoms with Crippen LogP contribution in [0.15, 0.2) is 76.6 Å². The molecule has 1 heterocycles. The van der Waals surface area contributed by atoms with Crippen molar-refractivity contribution in [1.29, 1.82) is 0 Å². The Hall–Kier alpha value is -1.82. The topological polar surface area (TPSA) is 12.9 Å². The third kappa shape index (κ3) is 6.10. The summed E-state index contributed by atoms with van der Waals surface area (Å²) in [5, 5.41) is 1.09. The molecule has 1 nitrogen and oxygen atoms in total. The van der Waals surface area contributed by atoms with E-state index >= 15 is 0 Å². The highest BCUT2D eigenvalue weighted by Gasteiger charge is 2.16. The number of thioether (sulfide) groups is 2. The first-order valence-electron chi connectivity index (χ1n) is 9.99. The summed E-state index contributed by atoms with van der Waals surface area (Å²) in [6, 6.07) is 15.2. The maximum atomic E-state index is 13.5. The van der Waals surface area contributed by atoms with Gasteiger partial charge in [0.05, 0.1) is 10.6 Å². The van der Waals surface area contributed by atoms with Crippen molar-refractivity contribution in [3.8, 4) is 21.7 Å². The Morgan fingerprint density at radius 1 is 1.07 bits per heavy atom.